The van der Waals surface area contributed by atoms with Crippen LogP contribution in [0.3, 0.4) is 0 Å². The molecule has 0 aromatic heterocycles. The van der Waals surface area contributed by atoms with Crippen LogP contribution in [-0.4, -0.2) is 37.2 Å². The largest absolute Gasteiger partial charge is 0.462 e. The second kappa shape index (κ2) is 13.8. The average Bonchev–Trinajstić information content (AvgIpc) is 2.48. The topological polar surface area (TPSA) is 78.9 Å². The van der Waals surface area contributed by atoms with E-state index in [1.165, 1.54) is 26.7 Å². The van der Waals surface area contributed by atoms with E-state index in [-0.39, 0.29) is 25.6 Å². The molecule has 0 aliphatic carbocycles. The van der Waals surface area contributed by atoms with E-state index in [0.29, 0.717) is 6.42 Å². The molecule has 0 radical (unpaired) electrons. The molecule has 0 bridgehead atoms. The van der Waals surface area contributed by atoms with Gasteiger partial charge in [-0.25, -0.2) is 0 Å². The van der Waals surface area contributed by atoms with Crippen LogP contribution in [-0.2, 0) is 28.6 Å². The van der Waals surface area contributed by atoms with Gasteiger partial charge in [0.1, 0.15) is 13.2 Å². The van der Waals surface area contributed by atoms with E-state index in [0.717, 1.165) is 12.8 Å². The molecule has 6 nitrogen and oxygen atoms in total. The molecule has 1 unspecified atom stereocenters. The van der Waals surface area contributed by atoms with Gasteiger partial charge in [-0.2, -0.15) is 0 Å². The van der Waals surface area contributed by atoms with Crippen LogP contribution in [0.4, 0.5) is 0 Å². The number of ether oxygens (including phenoxy) is 3. The van der Waals surface area contributed by atoms with Crippen molar-refractivity contribution in [1.29, 1.82) is 0 Å². The fraction of sp³-hybridized carbons (Fsp3) is 0.706. The zero-order valence-corrected chi connectivity index (χ0v) is 14.3. The molecule has 0 fully saturated rings. The molecule has 0 aromatic rings. The highest BCUT2D eigenvalue weighted by Gasteiger charge is 2.16. The molecule has 6 heteroatoms. The van der Waals surface area contributed by atoms with Crippen molar-refractivity contribution >= 4 is 17.9 Å². The Morgan fingerprint density at radius 1 is 0.913 bits per heavy atom. The lowest BCUT2D eigenvalue weighted by Gasteiger charge is -2.16. The minimum atomic E-state index is -0.773. The molecule has 0 saturated carbocycles. The fourth-order valence-corrected chi connectivity index (χ4v) is 1.77. The Labute approximate surface area is 138 Å². The van der Waals surface area contributed by atoms with Crippen molar-refractivity contribution in [2.75, 3.05) is 13.2 Å². The first-order valence-electron chi connectivity index (χ1n) is 8.06. The Kier molecular flexibility index (Phi) is 12.7. The lowest BCUT2D eigenvalue weighted by molar-refractivity contribution is -0.164. The molecule has 0 aromatic carbocycles. The summed E-state index contributed by atoms with van der Waals surface area (Å²) >= 11 is 0. The van der Waals surface area contributed by atoms with Gasteiger partial charge < -0.3 is 14.2 Å². The van der Waals surface area contributed by atoms with E-state index in [9.17, 15) is 14.4 Å². The molecule has 0 amide bonds. The van der Waals surface area contributed by atoms with Gasteiger partial charge >= 0.3 is 17.9 Å². The molecule has 0 saturated heterocycles. The van der Waals surface area contributed by atoms with Crippen LogP contribution in [0.5, 0.6) is 0 Å². The van der Waals surface area contributed by atoms with E-state index in [4.69, 9.17) is 14.2 Å². The van der Waals surface area contributed by atoms with E-state index >= 15 is 0 Å². The molecule has 0 N–H and O–H groups in total. The molecule has 0 aliphatic rings. The third kappa shape index (κ3) is 14.8. The van der Waals surface area contributed by atoms with Crippen LogP contribution >= 0.6 is 0 Å². The molecule has 23 heavy (non-hydrogen) atoms. The van der Waals surface area contributed by atoms with Crippen molar-refractivity contribution in [2.24, 2.45) is 0 Å². The van der Waals surface area contributed by atoms with Gasteiger partial charge in [-0.3, -0.25) is 14.4 Å². The van der Waals surface area contributed by atoms with Crippen LogP contribution in [0.2, 0.25) is 0 Å². The number of hydrogen-bond acceptors (Lipinski definition) is 6. The normalized spacial score (nSPS) is 12.0. The summed E-state index contributed by atoms with van der Waals surface area (Å²) in [6, 6.07) is 0. The smallest absolute Gasteiger partial charge is 0.306 e. The first kappa shape index (κ1) is 21.1. The molecule has 132 valence electrons. The molecule has 0 spiro atoms. The maximum atomic E-state index is 11.6. The molecule has 0 aliphatic heterocycles. The number of allylic oxidation sites excluding steroid dienone is 2. The standard InChI is InChI=1S/C17H28O6/c1-4-5-6-7-8-9-10-11-17(20)22-13-16(23-15(3)19)12-21-14(2)18/h8-9,16H,4-7,10-13H2,1-3H3/b9-8-. The van der Waals surface area contributed by atoms with Crippen LogP contribution in [0, 0.1) is 0 Å². The van der Waals surface area contributed by atoms with Gasteiger partial charge in [0.25, 0.3) is 0 Å². The third-order valence-corrected chi connectivity index (χ3v) is 2.89. The summed E-state index contributed by atoms with van der Waals surface area (Å²) < 4.78 is 14.7. The zero-order chi connectivity index (χ0) is 17.5. The third-order valence-electron chi connectivity index (χ3n) is 2.89. The summed E-state index contributed by atoms with van der Waals surface area (Å²) in [6.45, 7) is 4.41. The Balaban J connectivity index is 3.92. The van der Waals surface area contributed by atoms with Crippen molar-refractivity contribution in [2.45, 2.75) is 65.4 Å². The quantitative estimate of drug-likeness (QED) is 0.237. The van der Waals surface area contributed by atoms with Crippen LogP contribution in [0.25, 0.3) is 0 Å². The number of hydrogen-bond donors (Lipinski definition) is 0. The van der Waals surface area contributed by atoms with Crippen LogP contribution in [0.15, 0.2) is 12.2 Å². The summed E-state index contributed by atoms with van der Waals surface area (Å²) in [4.78, 5) is 33.3. The van der Waals surface area contributed by atoms with Gasteiger partial charge in [-0.05, 0) is 19.3 Å². The van der Waals surface area contributed by atoms with Crippen molar-refractivity contribution in [3.8, 4) is 0 Å². The summed E-state index contributed by atoms with van der Waals surface area (Å²) in [5, 5.41) is 0. The highest BCUT2D eigenvalue weighted by Crippen LogP contribution is 2.03. The van der Waals surface area contributed by atoms with Gasteiger partial charge in [0.2, 0.25) is 0 Å². The second-order valence-electron chi connectivity index (χ2n) is 5.22. The second-order valence-corrected chi connectivity index (χ2v) is 5.22. The molecular weight excluding hydrogens is 300 g/mol. The van der Waals surface area contributed by atoms with Crippen LogP contribution < -0.4 is 0 Å². The van der Waals surface area contributed by atoms with Crippen molar-refractivity contribution < 1.29 is 28.6 Å². The van der Waals surface area contributed by atoms with E-state index < -0.39 is 18.0 Å². The van der Waals surface area contributed by atoms with Crippen molar-refractivity contribution in [3.63, 3.8) is 0 Å². The molecule has 0 rings (SSSR count). The minimum Gasteiger partial charge on any atom is -0.462 e. The molecule has 1 atom stereocenters. The molecular formula is C17H28O6. The lowest BCUT2D eigenvalue weighted by atomic mass is 10.2. The summed E-state index contributed by atoms with van der Waals surface area (Å²) in [7, 11) is 0. The number of esters is 3. The Bertz CT molecular complexity index is 389. The van der Waals surface area contributed by atoms with Crippen molar-refractivity contribution in [3.05, 3.63) is 12.2 Å². The highest BCUT2D eigenvalue weighted by molar-refractivity contribution is 5.69. The van der Waals surface area contributed by atoms with E-state index in [1.54, 1.807) is 0 Å². The maximum Gasteiger partial charge on any atom is 0.306 e. The maximum absolute atomic E-state index is 11.6. The Morgan fingerprint density at radius 2 is 1.57 bits per heavy atom. The zero-order valence-electron chi connectivity index (χ0n) is 14.3. The first-order valence-corrected chi connectivity index (χ1v) is 8.06. The predicted octanol–water partition coefficient (Wildman–Crippen LogP) is 2.94. The van der Waals surface area contributed by atoms with Gasteiger partial charge in [0.15, 0.2) is 6.10 Å². The predicted molar refractivity (Wildman–Crippen MR) is 85.7 cm³/mol. The lowest BCUT2D eigenvalue weighted by Crippen LogP contribution is -2.29. The van der Waals surface area contributed by atoms with Gasteiger partial charge in [0, 0.05) is 20.3 Å². The minimum absolute atomic E-state index is 0.119. The van der Waals surface area contributed by atoms with E-state index in [2.05, 4.69) is 13.0 Å². The van der Waals surface area contributed by atoms with Crippen LogP contribution in [0.1, 0.15) is 59.3 Å². The number of carbonyl (C=O) groups is 3. The fourth-order valence-electron chi connectivity index (χ4n) is 1.77. The number of rotatable bonds is 12. The summed E-state index contributed by atoms with van der Waals surface area (Å²) in [6.07, 6.45) is 8.76. The van der Waals surface area contributed by atoms with Gasteiger partial charge in [-0.15, -0.1) is 0 Å². The number of carbonyl (C=O) groups excluding carboxylic acids is 3. The Hall–Kier alpha value is -1.85. The average molecular weight is 328 g/mol. The highest BCUT2D eigenvalue weighted by atomic mass is 16.6. The SMILES string of the molecule is CCCCC/C=C\CCC(=O)OCC(COC(C)=O)OC(C)=O. The Morgan fingerprint density at radius 3 is 2.17 bits per heavy atom. The van der Waals surface area contributed by atoms with Crippen molar-refractivity contribution in [1.82, 2.24) is 0 Å². The first-order chi connectivity index (χ1) is 11.0. The number of unbranched alkanes of at least 4 members (excludes halogenated alkanes) is 3. The van der Waals surface area contributed by atoms with Gasteiger partial charge in [0.05, 0.1) is 0 Å². The molecule has 0 heterocycles. The monoisotopic (exact) mass is 328 g/mol. The van der Waals surface area contributed by atoms with E-state index in [1.807, 2.05) is 6.08 Å². The summed E-state index contributed by atoms with van der Waals surface area (Å²) in [5.41, 5.74) is 0. The van der Waals surface area contributed by atoms with Gasteiger partial charge in [-0.1, -0.05) is 31.9 Å². The summed E-state index contributed by atoms with van der Waals surface area (Å²) in [5.74, 6) is -1.38.